The van der Waals surface area contributed by atoms with Crippen LogP contribution in [0.1, 0.15) is 6.92 Å². The highest BCUT2D eigenvalue weighted by molar-refractivity contribution is 5.83. The highest BCUT2D eigenvalue weighted by Crippen LogP contribution is 2.43. The Morgan fingerprint density at radius 3 is 0.707 bits per heavy atom. The van der Waals surface area contributed by atoms with Crippen molar-refractivity contribution in [2.45, 2.75) is 31.7 Å². The van der Waals surface area contributed by atoms with E-state index in [2.05, 4.69) is 41.3 Å². The summed E-state index contributed by atoms with van der Waals surface area (Å²) in [4.78, 5) is 8.12. The predicted molar refractivity (Wildman–Crippen MR) is 356 cm³/mol. The van der Waals surface area contributed by atoms with Gasteiger partial charge in [0.25, 0.3) is 0 Å². The second kappa shape index (κ2) is 27.2. The fourth-order valence-corrected chi connectivity index (χ4v) is 10.7. The van der Waals surface area contributed by atoms with Crippen LogP contribution in [0.4, 0.5) is 94.6 Å². The first kappa shape index (κ1) is 60.9. The van der Waals surface area contributed by atoms with Crippen LogP contribution in [0.5, 0.6) is 23.0 Å². The van der Waals surface area contributed by atoms with Gasteiger partial charge in [-0.15, -0.1) is 0 Å². The Morgan fingerprint density at radius 2 is 0.467 bits per heavy atom. The first-order valence-electron chi connectivity index (χ1n) is 29.6. The molecule has 12 aromatic carbocycles. The summed E-state index contributed by atoms with van der Waals surface area (Å²) in [5.41, 5.74) is 13.7. The van der Waals surface area contributed by atoms with E-state index >= 15 is 13.2 Å². The average Bonchev–Trinajstić information content (AvgIpc) is 1.21. The molecule has 0 amide bonds. The Labute approximate surface area is 530 Å². The number of anilines is 12. The van der Waals surface area contributed by atoms with Gasteiger partial charge in [-0.25, -0.2) is 0 Å². The lowest BCUT2D eigenvalue weighted by molar-refractivity contribution is -0.267. The zero-order chi connectivity index (χ0) is 63.6. The maximum atomic E-state index is 15.7. The lowest BCUT2D eigenvalue weighted by atomic mass is 10.0. The third-order valence-corrected chi connectivity index (χ3v) is 15.2. The number of rotatable bonds is 23. The Kier molecular flexibility index (Phi) is 18.0. The zero-order valence-electron chi connectivity index (χ0n) is 49.9. The lowest BCUT2D eigenvalue weighted by Crippen LogP contribution is -2.40. The molecule has 2 unspecified atom stereocenters. The molecule has 0 saturated heterocycles. The number of halogens is 6. The number of alkyl halides is 6. The summed E-state index contributed by atoms with van der Waals surface area (Å²) in [5.74, 6) is -3.33. The van der Waals surface area contributed by atoms with Crippen LogP contribution in [0.3, 0.4) is 0 Å². The van der Waals surface area contributed by atoms with Gasteiger partial charge in [-0.2, -0.15) is 26.3 Å². The summed E-state index contributed by atoms with van der Waals surface area (Å²) in [6, 6.07) is 97.6. The number of nitrogens with zero attached hydrogens (tertiary/aromatic N) is 4. The van der Waals surface area contributed by atoms with Gasteiger partial charge in [0, 0.05) is 75.2 Å². The molecule has 0 aliphatic heterocycles. The summed E-state index contributed by atoms with van der Waals surface area (Å²) in [5, 5.41) is 0. The van der Waals surface area contributed by atoms with Gasteiger partial charge in [0.05, 0.1) is 7.11 Å². The Morgan fingerprint density at radius 1 is 0.261 bits per heavy atom. The molecule has 92 heavy (non-hydrogen) atoms. The lowest BCUT2D eigenvalue weighted by Gasteiger charge is -2.27. The molecule has 0 radical (unpaired) electrons. The number of hydrogen-bond acceptors (Lipinski definition) is 8. The second-order valence-corrected chi connectivity index (χ2v) is 21.5. The molecule has 0 aliphatic rings. The first-order valence-corrected chi connectivity index (χ1v) is 29.6. The van der Waals surface area contributed by atoms with Crippen molar-refractivity contribution in [1.82, 2.24) is 0 Å². The molecule has 12 rings (SSSR count). The maximum Gasteiger partial charge on any atom is 0.468 e. The van der Waals surface area contributed by atoms with Crippen molar-refractivity contribution in [2.24, 2.45) is 0 Å². The molecule has 0 aliphatic carbocycles. The van der Waals surface area contributed by atoms with Gasteiger partial charge in [-0.3, -0.25) is 0 Å². The van der Waals surface area contributed by atoms with Crippen LogP contribution in [0.2, 0.25) is 0 Å². The van der Waals surface area contributed by atoms with Gasteiger partial charge >= 0.3 is 24.7 Å². The van der Waals surface area contributed by atoms with Crippen molar-refractivity contribution < 1.29 is 45.3 Å². The van der Waals surface area contributed by atoms with Crippen LogP contribution in [-0.4, -0.2) is 31.9 Å². The van der Waals surface area contributed by atoms with Gasteiger partial charge in [0.2, 0.25) is 0 Å². The standard InChI is InChI=1S/C78H60F6N4O4/c1-77(81,82)75(79)90-72-49-41-68(42-50-72)86(60-17-9-4-10-18-60)64-33-25-56(26-34-64)57-27-35-65(36-28-57)87(61-19-11-5-12-20-61)69-43-51-73(52-44-69)91-76(80)78(83,84)92-74-53-45-70(46-54-74)88(62-21-13-6-14-22-62)66-37-29-58(30-38-66)55-23-31-63(32-24-55)85(59-15-7-3-8-16-59)67-39-47-71(89-2)48-40-67/h3-54,75-76H,1-2H3. The molecular weight excluding hydrogens is 1170 g/mol. The largest absolute Gasteiger partial charge is 0.497 e. The molecule has 14 heteroatoms. The second-order valence-electron chi connectivity index (χ2n) is 21.5. The minimum absolute atomic E-state index is 0.0318. The fraction of sp³-hybridized carbons (Fsp3) is 0.0769. The van der Waals surface area contributed by atoms with Crippen LogP contribution in [0, 0.1) is 0 Å². The molecule has 0 aromatic heterocycles. The van der Waals surface area contributed by atoms with Gasteiger partial charge in [-0.1, -0.05) is 121 Å². The smallest absolute Gasteiger partial charge is 0.468 e. The summed E-state index contributed by atoms with van der Waals surface area (Å²) in [7, 11) is 1.65. The summed E-state index contributed by atoms with van der Waals surface area (Å²) in [6.07, 6.45) is -10.3. The summed E-state index contributed by atoms with van der Waals surface area (Å²) < 4.78 is 109. The van der Waals surface area contributed by atoms with E-state index in [1.54, 1.807) is 43.5 Å². The molecule has 0 fully saturated rings. The molecule has 0 bridgehead atoms. The van der Waals surface area contributed by atoms with Crippen LogP contribution in [0.25, 0.3) is 22.3 Å². The molecule has 458 valence electrons. The van der Waals surface area contributed by atoms with E-state index in [-0.39, 0.29) is 17.2 Å². The van der Waals surface area contributed by atoms with Gasteiger partial charge in [0.15, 0.2) is 0 Å². The molecule has 12 aromatic rings. The Hall–Kier alpha value is -11.4. The van der Waals surface area contributed by atoms with Crippen LogP contribution in [-0.2, 0) is 0 Å². The van der Waals surface area contributed by atoms with E-state index in [1.807, 2.05) is 221 Å². The van der Waals surface area contributed by atoms with Gasteiger partial charge in [-0.05, 0) is 216 Å². The molecule has 0 saturated carbocycles. The molecule has 8 nitrogen and oxygen atoms in total. The van der Waals surface area contributed by atoms with E-state index in [4.69, 9.17) is 18.9 Å². The highest BCUT2D eigenvalue weighted by atomic mass is 19.3. The van der Waals surface area contributed by atoms with Gasteiger partial charge < -0.3 is 38.5 Å². The van der Waals surface area contributed by atoms with E-state index in [9.17, 15) is 13.2 Å². The molecule has 2 atom stereocenters. The molecule has 0 spiro atoms. The number of ether oxygens (including phenoxy) is 4. The van der Waals surface area contributed by atoms with Crippen molar-refractivity contribution in [3.8, 4) is 45.3 Å². The van der Waals surface area contributed by atoms with E-state index in [0.29, 0.717) is 24.0 Å². The topological polar surface area (TPSA) is 49.9 Å². The van der Waals surface area contributed by atoms with Crippen molar-refractivity contribution >= 4 is 68.2 Å². The monoisotopic (exact) mass is 1230 g/mol. The van der Waals surface area contributed by atoms with Crippen LogP contribution >= 0.6 is 0 Å². The fourth-order valence-electron chi connectivity index (χ4n) is 10.7. The summed E-state index contributed by atoms with van der Waals surface area (Å²) in [6.45, 7) is 0.464. The van der Waals surface area contributed by atoms with E-state index < -0.39 is 24.7 Å². The number of para-hydroxylation sites is 4. The van der Waals surface area contributed by atoms with Crippen molar-refractivity contribution in [1.29, 1.82) is 0 Å². The number of hydrogen-bond donors (Lipinski definition) is 0. The normalized spacial score (nSPS) is 12.0. The highest BCUT2D eigenvalue weighted by Gasteiger charge is 2.46. The van der Waals surface area contributed by atoms with Crippen molar-refractivity contribution in [3.63, 3.8) is 0 Å². The number of benzene rings is 12. The number of methoxy groups -OCH3 is 1. The maximum absolute atomic E-state index is 15.7. The Bertz CT molecular complexity index is 4290. The molecule has 0 N–H and O–H groups in total. The van der Waals surface area contributed by atoms with Crippen LogP contribution in [0.15, 0.2) is 315 Å². The third-order valence-electron chi connectivity index (χ3n) is 15.2. The van der Waals surface area contributed by atoms with E-state index in [1.165, 1.54) is 36.4 Å². The minimum Gasteiger partial charge on any atom is -0.497 e. The SMILES string of the molecule is COc1ccc(N(c2ccccc2)c2ccc(-c3ccc(N(c4ccccc4)c4ccc(OC(F)(F)C(F)Oc5ccc(N(c6ccccc6)c6ccc(-c7ccc(N(c8ccccc8)c8ccc(OC(F)C(C)(F)F)cc8)cc7)cc6)cc5)cc4)cc3)cc2)cc1. The predicted octanol–water partition coefficient (Wildman–Crippen LogP) is 22.6. The molecular formula is C78H60F6N4O4. The average molecular weight is 1230 g/mol. The Balaban J connectivity index is 0.707. The first-order chi connectivity index (χ1) is 44.7. The van der Waals surface area contributed by atoms with Crippen molar-refractivity contribution in [2.75, 3.05) is 26.7 Å². The van der Waals surface area contributed by atoms with Crippen LogP contribution < -0.4 is 38.5 Å². The summed E-state index contributed by atoms with van der Waals surface area (Å²) >= 11 is 0. The molecule has 0 heterocycles. The van der Waals surface area contributed by atoms with Gasteiger partial charge in [0.1, 0.15) is 23.0 Å². The van der Waals surface area contributed by atoms with E-state index in [0.717, 1.165) is 79.2 Å². The zero-order valence-corrected chi connectivity index (χ0v) is 49.9. The quantitative estimate of drug-likeness (QED) is 0.0587. The third kappa shape index (κ3) is 14.0. The minimum atomic E-state index is -4.38. The van der Waals surface area contributed by atoms with Crippen molar-refractivity contribution in [3.05, 3.63) is 315 Å².